The first kappa shape index (κ1) is 86.6. The second kappa shape index (κ2) is 79.8. The largest absolute Gasteiger partial charge is 0.462 e. The number of aliphatic hydroxyl groups excluding tert-OH is 1. The molecule has 0 amide bonds. The lowest BCUT2D eigenvalue weighted by molar-refractivity contribution is -0.161. The Hall–Kier alpha value is -3.44. The molecule has 0 radical (unpaired) electrons. The van der Waals surface area contributed by atoms with Crippen molar-refractivity contribution in [3.8, 4) is 0 Å². The van der Waals surface area contributed by atoms with Crippen LogP contribution in [0.25, 0.3) is 0 Å². The Kier molecular flexibility index (Phi) is 76.7. The van der Waals surface area contributed by atoms with Gasteiger partial charge in [-0.15, -0.1) is 0 Å². The molecule has 0 aromatic heterocycles. The highest BCUT2D eigenvalue weighted by atomic mass is 16.6. The van der Waals surface area contributed by atoms with Crippen molar-refractivity contribution in [3.63, 3.8) is 0 Å². The van der Waals surface area contributed by atoms with Gasteiger partial charge in [-0.25, -0.2) is 0 Å². The highest BCUT2D eigenvalue weighted by Gasteiger charge is 2.16. The lowest BCUT2D eigenvalue weighted by Crippen LogP contribution is -2.28. The number of rotatable bonds is 73. The van der Waals surface area contributed by atoms with Crippen molar-refractivity contribution in [2.45, 2.75) is 405 Å². The monoisotopic (exact) mass is 1250 g/mol. The van der Waals surface area contributed by atoms with Gasteiger partial charge in [-0.3, -0.25) is 9.59 Å². The molecule has 90 heavy (non-hydrogen) atoms. The molecule has 0 aromatic carbocycles. The number of ether oxygens (including phenoxy) is 2. The van der Waals surface area contributed by atoms with Crippen LogP contribution in [-0.4, -0.2) is 36.4 Å². The summed E-state index contributed by atoms with van der Waals surface area (Å²) >= 11 is 0. The van der Waals surface area contributed by atoms with Gasteiger partial charge in [-0.05, 0) is 103 Å². The Morgan fingerprint density at radius 3 is 0.733 bits per heavy atom. The van der Waals surface area contributed by atoms with E-state index in [2.05, 4.69) is 123 Å². The molecule has 520 valence electrons. The van der Waals surface area contributed by atoms with Gasteiger partial charge in [0.2, 0.25) is 0 Å². The third kappa shape index (κ3) is 77.0. The first-order valence-electron chi connectivity index (χ1n) is 39.4. The van der Waals surface area contributed by atoms with Crippen LogP contribution in [-0.2, 0) is 19.1 Å². The van der Waals surface area contributed by atoms with Crippen molar-refractivity contribution >= 4 is 11.9 Å². The molecule has 0 aromatic rings. The predicted molar refractivity (Wildman–Crippen MR) is 399 cm³/mol. The number of esters is 2. The Balaban J connectivity index is 3.43. The van der Waals surface area contributed by atoms with Crippen LogP contribution in [0.2, 0.25) is 0 Å². The molecule has 1 N–H and O–H groups in total. The second-order valence-electron chi connectivity index (χ2n) is 26.4. The molecular formula is C85H150O5. The van der Waals surface area contributed by atoms with Gasteiger partial charge in [0.25, 0.3) is 0 Å². The standard InChI is InChI=1S/C85H150O5/c1-3-5-7-9-11-13-15-17-19-21-23-25-27-29-31-33-35-37-39-41-42-44-45-47-49-51-53-55-57-59-61-63-65-67-69-71-73-75-77-79-84(87)89-82-83(81-86)90-85(88)80-78-76-74-72-70-68-66-64-62-60-58-56-54-52-50-48-46-43-40-38-36-34-32-30-28-26-24-22-20-18-16-14-12-10-8-6-4-2/h6,8,12,14,18,20-21,23-24,26,30,32,36,38,43,46,50,52,83,86H,3-5,7,9-11,13,15-17,19,22,25,27-29,31,33-35,37,39-42,44-45,47-49,51,53-82H2,1-2H3/b8-6-,14-12-,20-18-,23-21-,26-24-,32-30-,38-36-,46-43-,52-50-. The second-order valence-corrected chi connectivity index (χ2v) is 26.4. The fourth-order valence-electron chi connectivity index (χ4n) is 11.7. The number of unbranched alkanes of at least 4 members (excludes halogenated alkanes) is 47. The van der Waals surface area contributed by atoms with Gasteiger partial charge in [0.05, 0.1) is 6.61 Å². The van der Waals surface area contributed by atoms with Crippen molar-refractivity contribution in [1.29, 1.82) is 0 Å². The maximum absolute atomic E-state index is 12.4. The number of carbonyl (C=O) groups excluding carboxylic acids is 2. The van der Waals surface area contributed by atoms with Gasteiger partial charge in [0.1, 0.15) is 6.61 Å². The van der Waals surface area contributed by atoms with Crippen molar-refractivity contribution in [3.05, 3.63) is 109 Å². The molecule has 0 aliphatic rings. The molecule has 0 aliphatic carbocycles. The topological polar surface area (TPSA) is 72.8 Å². The predicted octanol–water partition coefficient (Wildman–Crippen LogP) is 27.9. The number of carbonyl (C=O) groups is 2. The van der Waals surface area contributed by atoms with Gasteiger partial charge in [0.15, 0.2) is 6.10 Å². The summed E-state index contributed by atoms with van der Waals surface area (Å²) in [5.41, 5.74) is 0. The first-order valence-corrected chi connectivity index (χ1v) is 39.4. The van der Waals surface area contributed by atoms with E-state index in [0.29, 0.717) is 12.8 Å². The quantitative estimate of drug-likeness (QED) is 0.0373. The minimum atomic E-state index is -0.779. The Morgan fingerprint density at radius 1 is 0.267 bits per heavy atom. The summed E-state index contributed by atoms with van der Waals surface area (Å²) in [5.74, 6) is -0.579. The Bertz CT molecular complexity index is 1710. The Morgan fingerprint density at radius 2 is 0.478 bits per heavy atom. The molecule has 5 nitrogen and oxygen atoms in total. The van der Waals surface area contributed by atoms with Gasteiger partial charge in [0, 0.05) is 12.8 Å². The first-order chi connectivity index (χ1) is 44.6. The zero-order valence-corrected chi connectivity index (χ0v) is 59.9. The molecule has 0 fully saturated rings. The molecule has 0 rings (SSSR count). The van der Waals surface area contributed by atoms with Crippen molar-refractivity contribution in [2.75, 3.05) is 13.2 Å². The molecule has 0 aliphatic heterocycles. The van der Waals surface area contributed by atoms with E-state index in [1.807, 2.05) is 0 Å². The van der Waals surface area contributed by atoms with Crippen LogP contribution in [0.4, 0.5) is 0 Å². The molecule has 1 unspecified atom stereocenters. The average Bonchev–Trinajstić information content (AvgIpc) is 3.62. The molecule has 0 saturated heterocycles. The summed E-state index contributed by atoms with van der Waals surface area (Å²) in [6.45, 7) is 4.07. The van der Waals surface area contributed by atoms with Crippen molar-refractivity contribution in [2.24, 2.45) is 0 Å². The van der Waals surface area contributed by atoms with Gasteiger partial charge < -0.3 is 14.6 Å². The van der Waals surface area contributed by atoms with E-state index >= 15 is 0 Å². The van der Waals surface area contributed by atoms with E-state index in [9.17, 15) is 14.7 Å². The average molecular weight is 1250 g/mol. The molecule has 1 atom stereocenters. The Labute approximate surface area is 561 Å². The molecule has 0 bridgehead atoms. The van der Waals surface area contributed by atoms with Crippen LogP contribution >= 0.6 is 0 Å². The normalized spacial score (nSPS) is 12.8. The smallest absolute Gasteiger partial charge is 0.306 e. The molecule has 5 heteroatoms. The highest BCUT2D eigenvalue weighted by molar-refractivity contribution is 5.70. The summed E-state index contributed by atoms with van der Waals surface area (Å²) < 4.78 is 10.8. The molecule has 0 saturated carbocycles. The highest BCUT2D eigenvalue weighted by Crippen LogP contribution is 2.19. The van der Waals surface area contributed by atoms with Crippen LogP contribution in [0, 0.1) is 0 Å². The molecule has 0 spiro atoms. The van der Waals surface area contributed by atoms with Crippen molar-refractivity contribution < 1.29 is 24.2 Å². The van der Waals surface area contributed by atoms with Crippen LogP contribution in [0.5, 0.6) is 0 Å². The lowest BCUT2D eigenvalue weighted by atomic mass is 10.0. The van der Waals surface area contributed by atoms with Crippen LogP contribution < -0.4 is 0 Å². The van der Waals surface area contributed by atoms with E-state index < -0.39 is 6.10 Å². The number of hydrogen-bond acceptors (Lipinski definition) is 5. The maximum Gasteiger partial charge on any atom is 0.306 e. The summed E-state index contributed by atoms with van der Waals surface area (Å²) in [6, 6.07) is 0. The zero-order valence-electron chi connectivity index (χ0n) is 59.9. The number of hydrogen-bond donors (Lipinski definition) is 1. The summed E-state index contributed by atoms with van der Waals surface area (Å²) in [5, 5.41) is 9.73. The minimum Gasteiger partial charge on any atom is -0.462 e. The van der Waals surface area contributed by atoms with Gasteiger partial charge in [-0.1, -0.05) is 393 Å². The lowest BCUT2D eigenvalue weighted by Gasteiger charge is -2.15. The minimum absolute atomic E-state index is 0.0665. The van der Waals surface area contributed by atoms with Crippen molar-refractivity contribution in [1.82, 2.24) is 0 Å². The van der Waals surface area contributed by atoms with Gasteiger partial charge >= 0.3 is 11.9 Å². The van der Waals surface area contributed by atoms with Gasteiger partial charge in [-0.2, -0.15) is 0 Å². The van der Waals surface area contributed by atoms with E-state index in [-0.39, 0.29) is 25.2 Å². The van der Waals surface area contributed by atoms with Crippen LogP contribution in [0.3, 0.4) is 0 Å². The SMILES string of the molecule is CC/C=C\C/C=C\C/C=C\C/C=C\C/C=C\C/C=C\C/C=C\C/C=C\CCCCCCCCCCCCCCC(=O)OC(CO)COC(=O)CCCCCCCCCCCCCCCCCCCCCCCCCCCCC/C=C\CCCCCCCCCC. The summed E-state index contributed by atoms with van der Waals surface area (Å²) in [6.07, 6.45) is 116. The van der Waals surface area contributed by atoms with E-state index in [4.69, 9.17) is 9.47 Å². The summed E-state index contributed by atoms with van der Waals surface area (Å²) in [4.78, 5) is 24.7. The third-order valence-corrected chi connectivity index (χ3v) is 17.6. The van der Waals surface area contributed by atoms with E-state index in [1.54, 1.807) is 0 Å². The van der Waals surface area contributed by atoms with E-state index in [1.165, 1.54) is 283 Å². The van der Waals surface area contributed by atoms with Crippen LogP contribution in [0.15, 0.2) is 109 Å². The molecular weight excluding hydrogens is 1100 g/mol. The molecule has 0 heterocycles. The fraction of sp³-hybridized carbons (Fsp3) is 0.765. The van der Waals surface area contributed by atoms with E-state index in [0.717, 1.165) is 89.9 Å². The summed E-state index contributed by atoms with van der Waals surface area (Å²) in [7, 11) is 0. The fourth-order valence-corrected chi connectivity index (χ4v) is 11.7. The maximum atomic E-state index is 12.4. The third-order valence-electron chi connectivity index (χ3n) is 17.6. The number of allylic oxidation sites excluding steroid dienone is 18. The van der Waals surface area contributed by atoms with Crippen LogP contribution in [0.1, 0.15) is 399 Å². The number of aliphatic hydroxyl groups is 1. The zero-order chi connectivity index (χ0) is 64.7.